The molecule has 0 aliphatic carbocycles. The van der Waals surface area contributed by atoms with Crippen molar-refractivity contribution in [1.29, 1.82) is 0 Å². The van der Waals surface area contributed by atoms with Crippen LogP contribution >= 0.6 is 0 Å². The van der Waals surface area contributed by atoms with Crippen LogP contribution in [0.15, 0.2) is 18.2 Å². The average molecular weight is 402 g/mol. The average Bonchev–Trinajstić information content (AvgIpc) is 2.52. The highest BCUT2D eigenvalue weighted by atomic mass is 19.4. The highest BCUT2D eigenvalue weighted by Gasteiger charge is 2.71. The maximum absolute atomic E-state index is 13.0. The van der Waals surface area contributed by atoms with Crippen molar-refractivity contribution in [3.8, 4) is 0 Å². The number of rotatable bonds is 5. The molecule has 1 aromatic rings. The van der Waals surface area contributed by atoms with E-state index < -0.39 is 46.8 Å². The van der Waals surface area contributed by atoms with E-state index in [-0.39, 0.29) is 19.2 Å². The van der Waals surface area contributed by atoms with Crippen molar-refractivity contribution in [2.75, 3.05) is 18.5 Å². The van der Waals surface area contributed by atoms with Gasteiger partial charge in [0.1, 0.15) is 0 Å². The second kappa shape index (κ2) is 8.03. The molecule has 0 fully saturated rings. The SMILES string of the molecule is CCNC(=O)Nc1ccc(C(O)(C(F)(F)F)C(F)(F)F)cc1C(=O)OCC. The molecule has 27 heavy (non-hydrogen) atoms. The summed E-state index contributed by atoms with van der Waals surface area (Å²) in [6.45, 7) is 2.86. The highest BCUT2D eigenvalue weighted by Crippen LogP contribution is 2.50. The molecule has 0 aliphatic rings. The number of esters is 1. The van der Waals surface area contributed by atoms with Gasteiger partial charge in [-0.3, -0.25) is 0 Å². The van der Waals surface area contributed by atoms with Crippen LogP contribution < -0.4 is 10.6 Å². The number of benzene rings is 1. The molecule has 0 unspecified atom stereocenters. The van der Waals surface area contributed by atoms with Crippen molar-refractivity contribution in [3.05, 3.63) is 29.3 Å². The van der Waals surface area contributed by atoms with E-state index in [9.17, 15) is 41.0 Å². The molecular formula is C15H16F6N2O4. The lowest BCUT2D eigenvalue weighted by Crippen LogP contribution is -2.54. The number of amides is 2. The molecule has 1 rings (SSSR count). The number of hydrogen-bond acceptors (Lipinski definition) is 4. The quantitative estimate of drug-likeness (QED) is 0.521. The first kappa shape index (κ1) is 22.5. The van der Waals surface area contributed by atoms with E-state index in [1.807, 2.05) is 0 Å². The number of ether oxygens (including phenoxy) is 1. The molecular weight excluding hydrogens is 386 g/mol. The van der Waals surface area contributed by atoms with Gasteiger partial charge in [-0.2, -0.15) is 26.3 Å². The lowest BCUT2D eigenvalue weighted by atomic mass is 9.90. The van der Waals surface area contributed by atoms with Crippen LogP contribution in [0, 0.1) is 0 Å². The van der Waals surface area contributed by atoms with Gasteiger partial charge in [-0.1, -0.05) is 6.07 Å². The van der Waals surface area contributed by atoms with Crippen molar-refractivity contribution in [1.82, 2.24) is 5.32 Å². The Morgan fingerprint density at radius 2 is 1.63 bits per heavy atom. The minimum Gasteiger partial charge on any atom is -0.462 e. The van der Waals surface area contributed by atoms with Gasteiger partial charge in [0.15, 0.2) is 0 Å². The Morgan fingerprint density at radius 3 is 2.07 bits per heavy atom. The number of alkyl halides is 6. The van der Waals surface area contributed by atoms with Crippen molar-refractivity contribution < 1.29 is 45.8 Å². The Morgan fingerprint density at radius 1 is 1.07 bits per heavy atom. The molecule has 0 spiro atoms. The Labute approximate surface area is 149 Å². The fraction of sp³-hybridized carbons (Fsp3) is 0.467. The number of anilines is 1. The molecule has 0 atom stereocenters. The van der Waals surface area contributed by atoms with E-state index in [4.69, 9.17) is 0 Å². The summed E-state index contributed by atoms with van der Waals surface area (Å²) >= 11 is 0. The molecule has 0 heterocycles. The number of aliphatic hydroxyl groups is 1. The summed E-state index contributed by atoms with van der Waals surface area (Å²) in [4.78, 5) is 23.5. The monoisotopic (exact) mass is 402 g/mol. The summed E-state index contributed by atoms with van der Waals surface area (Å²) < 4.78 is 82.7. The van der Waals surface area contributed by atoms with E-state index in [2.05, 4.69) is 15.4 Å². The fourth-order valence-corrected chi connectivity index (χ4v) is 2.07. The molecule has 152 valence electrons. The van der Waals surface area contributed by atoms with Crippen LogP contribution in [0.1, 0.15) is 29.8 Å². The Bertz CT molecular complexity index is 689. The standard InChI is InChI=1S/C15H16F6N2O4/c1-3-22-12(25)23-10-6-5-8(7-9(10)11(24)27-4-2)13(26,14(16,17)18)15(19,20)21/h5-7,26H,3-4H2,1-2H3,(H2,22,23,25). The van der Waals surface area contributed by atoms with E-state index in [1.54, 1.807) is 6.92 Å². The van der Waals surface area contributed by atoms with E-state index in [0.717, 1.165) is 0 Å². The van der Waals surface area contributed by atoms with Crippen LogP contribution in [-0.2, 0) is 10.3 Å². The van der Waals surface area contributed by atoms with Gasteiger partial charge in [-0.05, 0) is 26.0 Å². The Balaban J connectivity index is 3.57. The fourth-order valence-electron chi connectivity index (χ4n) is 2.07. The van der Waals surface area contributed by atoms with E-state index >= 15 is 0 Å². The molecule has 0 saturated heterocycles. The second-order valence-corrected chi connectivity index (χ2v) is 5.17. The van der Waals surface area contributed by atoms with Crippen molar-refractivity contribution in [2.24, 2.45) is 0 Å². The minimum atomic E-state index is -6.12. The van der Waals surface area contributed by atoms with Gasteiger partial charge in [0, 0.05) is 12.1 Å². The maximum Gasteiger partial charge on any atom is 0.430 e. The number of hydrogen-bond donors (Lipinski definition) is 3. The second-order valence-electron chi connectivity index (χ2n) is 5.17. The van der Waals surface area contributed by atoms with E-state index in [0.29, 0.717) is 12.1 Å². The van der Waals surface area contributed by atoms with Crippen LogP contribution in [-0.4, -0.2) is 42.6 Å². The summed E-state index contributed by atoms with van der Waals surface area (Å²) in [5.41, 5.74) is -8.04. The Hall–Kier alpha value is -2.50. The first-order valence-electron chi connectivity index (χ1n) is 7.51. The number of carbonyl (C=O) groups is 2. The zero-order chi connectivity index (χ0) is 21.0. The highest BCUT2D eigenvalue weighted by molar-refractivity contribution is 6.01. The first-order valence-corrected chi connectivity index (χ1v) is 7.51. The maximum atomic E-state index is 13.0. The van der Waals surface area contributed by atoms with Crippen LogP contribution in [0.2, 0.25) is 0 Å². The third-order valence-electron chi connectivity index (χ3n) is 3.34. The largest absolute Gasteiger partial charge is 0.462 e. The van der Waals surface area contributed by atoms with Crippen LogP contribution in [0.4, 0.5) is 36.8 Å². The van der Waals surface area contributed by atoms with E-state index in [1.165, 1.54) is 6.92 Å². The third-order valence-corrected chi connectivity index (χ3v) is 3.34. The van der Waals surface area contributed by atoms with Crippen LogP contribution in [0.5, 0.6) is 0 Å². The molecule has 2 amide bonds. The van der Waals surface area contributed by atoms with Crippen LogP contribution in [0.3, 0.4) is 0 Å². The van der Waals surface area contributed by atoms with Gasteiger partial charge in [0.25, 0.3) is 5.60 Å². The predicted molar refractivity (Wildman–Crippen MR) is 81.1 cm³/mol. The smallest absolute Gasteiger partial charge is 0.430 e. The van der Waals surface area contributed by atoms with Gasteiger partial charge >= 0.3 is 24.4 Å². The summed E-state index contributed by atoms with van der Waals surface area (Å²) in [6, 6.07) is 0.281. The van der Waals surface area contributed by atoms with Gasteiger partial charge in [-0.15, -0.1) is 0 Å². The molecule has 12 heteroatoms. The summed E-state index contributed by atoms with van der Waals surface area (Å²) in [7, 11) is 0. The van der Waals surface area contributed by atoms with Crippen molar-refractivity contribution in [2.45, 2.75) is 31.8 Å². The Kier molecular flexibility index (Phi) is 6.70. The number of nitrogens with one attached hydrogen (secondary N) is 2. The lowest BCUT2D eigenvalue weighted by Gasteiger charge is -2.33. The van der Waals surface area contributed by atoms with Crippen molar-refractivity contribution >= 4 is 17.7 Å². The predicted octanol–water partition coefficient (Wildman–Crippen LogP) is 3.32. The molecule has 6 nitrogen and oxygen atoms in total. The molecule has 0 saturated carbocycles. The molecule has 0 aromatic heterocycles. The third kappa shape index (κ3) is 4.62. The topological polar surface area (TPSA) is 87.7 Å². The molecule has 0 aliphatic heterocycles. The molecule has 1 aromatic carbocycles. The van der Waals surface area contributed by atoms with Crippen molar-refractivity contribution in [3.63, 3.8) is 0 Å². The normalized spacial score (nSPS) is 12.5. The number of halogens is 6. The zero-order valence-corrected chi connectivity index (χ0v) is 14.1. The lowest BCUT2D eigenvalue weighted by molar-refractivity contribution is -0.376. The summed E-state index contributed by atoms with van der Waals surface area (Å²) in [5, 5.41) is 13.8. The van der Waals surface area contributed by atoms with Gasteiger partial charge in [0.05, 0.1) is 17.9 Å². The first-order chi connectivity index (χ1) is 12.3. The van der Waals surface area contributed by atoms with Crippen LogP contribution in [0.25, 0.3) is 0 Å². The summed E-state index contributed by atoms with van der Waals surface area (Å²) in [6.07, 6.45) is -12.2. The van der Waals surface area contributed by atoms with Gasteiger partial charge in [0.2, 0.25) is 0 Å². The zero-order valence-electron chi connectivity index (χ0n) is 14.1. The van der Waals surface area contributed by atoms with Gasteiger partial charge < -0.3 is 20.5 Å². The summed E-state index contributed by atoms with van der Waals surface area (Å²) in [5.74, 6) is -1.28. The number of carbonyl (C=O) groups excluding carboxylic acids is 2. The molecule has 0 bridgehead atoms. The van der Waals surface area contributed by atoms with Gasteiger partial charge in [-0.25, -0.2) is 9.59 Å². The molecule has 0 radical (unpaired) electrons. The molecule has 3 N–H and O–H groups in total. The number of urea groups is 1. The minimum absolute atomic E-state index is 0.167.